The largest absolute Gasteiger partial charge is 0.379 e. The van der Waals surface area contributed by atoms with Crippen LogP contribution in [-0.2, 0) is 16.1 Å². The highest BCUT2D eigenvalue weighted by Gasteiger charge is 2.26. The number of morpholine rings is 1. The molecule has 2 heterocycles. The van der Waals surface area contributed by atoms with Crippen molar-refractivity contribution in [2.24, 2.45) is 0 Å². The fourth-order valence-corrected chi connectivity index (χ4v) is 4.91. The molecular formula is C23H25ClFN3O3S. The molecule has 0 radical (unpaired) electrons. The van der Waals surface area contributed by atoms with E-state index in [1.54, 1.807) is 23.1 Å². The van der Waals surface area contributed by atoms with E-state index in [1.165, 1.54) is 23.9 Å². The van der Waals surface area contributed by atoms with Gasteiger partial charge in [-0.15, -0.1) is 11.8 Å². The van der Waals surface area contributed by atoms with Crippen LogP contribution >= 0.6 is 23.4 Å². The number of anilines is 1. The highest BCUT2D eigenvalue weighted by atomic mass is 35.5. The monoisotopic (exact) mass is 477 g/mol. The Bertz CT molecular complexity index is 1000. The Kier molecular flexibility index (Phi) is 7.67. The van der Waals surface area contributed by atoms with Crippen LogP contribution in [0.1, 0.15) is 22.3 Å². The van der Waals surface area contributed by atoms with E-state index < -0.39 is 5.82 Å². The first-order valence-electron chi connectivity index (χ1n) is 10.6. The molecule has 2 aliphatic rings. The van der Waals surface area contributed by atoms with E-state index in [1.807, 2.05) is 6.07 Å². The molecule has 6 nitrogen and oxygen atoms in total. The molecule has 170 valence electrons. The molecule has 4 rings (SSSR count). The maximum absolute atomic E-state index is 13.4. The summed E-state index contributed by atoms with van der Waals surface area (Å²) in [6.07, 6.45) is 0.861. The minimum atomic E-state index is -0.424. The van der Waals surface area contributed by atoms with Crippen molar-refractivity contribution < 1.29 is 18.7 Å². The van der Waals surface area contributed by atoms with E-state index in [-0.39, 0.29) is 23.4 Å². The number of carbonyl (C=O) groups is 2. The Labute approximate surface area is 196 Å². The van der Waals surface area contributed by atoms with Gasteiger partial charge in [0.25, 0.3) is 5.91 Å². The van der Waals surface area contributed by atoms with Crippen molar-refractivity contribution in [2.45, 2.75) is 17.9 Å². The number of carbonyl (C=O) groups excluding carboxylic acids is 2. The standard InChI is InChI=1S/C23H25ClFN3O3S/c24-19-13-18(25)4-2-17(19)14-28-20-12-16(3-5-21(20)32-15-22(28)29)23(30)26-6-1-7-27-8-10-31-11-9-27/h2-5,12-13H,1,6-11,14-15H2,(H,26,30). The van der Waals surface area contributed by atoms with Crippen molar-refractivity contribution in [3.63, 3.8) is 0 Å². The molecule has 1 N–H and O–H groups in total. The van der Waals surface area contributed by atoms with Gasteiger partial charge in [0.05, 0.1) is 31.2 Å². The van der Waals surface area contributed by atoms with E-state index in [9.17, 15) is 14.0 Å². The van der Waals surface area contributed by atoms with Crippen LogP contribution in [0.15, 0.2) is 41.3 Å². The quantitative estimate of drug-likeness (QED) is 0.618. The lowest BCUT2D eigenvalue weighted by molar-refractivity contribution is -0.116. The second-order valence-corrected chi connectivity index (χ2v) is 9.17. The van der Waals surface area contributed by atoms with Crippen LogP contribution < -0.4 is 10.2 Å². The number of nitrogens with zero attached hydrogens (tertiary/aromatic N) is 2. The smallest absolute Gasteiger partial charge is 0.251 e. The molecule has 0 aliphatic carbocycles. The maximum Gasteiger partial charge on any atom is 0.251 e. The summed E-state index contributed by atoms with van der Waals surface area (Å²) in [4.78, 5) is 30.2. The third-order valence-electron chi connectivity index (χ3n) is 5.55. The number of hydrogen-bond acceptors (Lipinski definition) is 5. The molecule has 9 heteroatoms. The molecule has 2 amide bonds. The summed E-state index contributed by atoms with van der Waals surface area (Å²) in [7, 11) is 0. The molecule has 0 unspecified atom stereocenters. The Hall–Kier alpha value is -2.13. The highest BCUT2D eigenvalue weighted by molar-refractivity contribution is 8.00. The van der Waals surface area contributed by atoms with Crippen LogP contribution in [0.2, 0.25) is 5.02 Å². The van der Waals surface area contributed by atoms with E-state index >= 15 is 0 Å². The predicted molar refractivity (Wildman–Crippen MR) is 124 cm³/mol. The number of nitrogens with one attached hydrogen (secondary N) is 1. The summed E-state index contributed by atoms with van der Waals surface area (Å²) < 4.78 is 18.7. The minimum absolute atomic E-state index is 0.0778. The van der Waals surface area contributed by atoms with Gasteiger partial charge >= 0.3 is 0 Å². The average molecular weight is 478 g/mol. The van der Waals surface area contributed by atoms with E-state index in [4.69, 9.17) is 16.3 Å². The number of benzene rings is 2. The third-order valence-corrected chi connectivity index (χ3v) is 6.95. The summed E-state index contributed by atoms with van der Waals surface area (Å²) in [5.74, 6) is -0.366. The zero-order valence-electron chi connectivity index (χ0n) is 17.6. The van der Waals surface area contributed by atoms with Gasteiger partial charge in [0, 0.05) is 35.1 Å². The first kappa shape index (κ1) is 23.0. The normalized spacial score (nSPS) is 16.7. The molecule has 0 aromatic heterocycles. The van der Waals surface area contributed by atoms with Crippen LogP contribution in [0.4, 0.5) is 10.1 Å². The maximum atomic E-state index is 13.4. The molecule has 2 aliphatic heterocycles. The lowest BCUT2D eigenvalue weighted by Crippen LogP contribution is -2.38. The first-order valence-corrected chi connectivity index (χ1v) is 12.0. The van der Waals surface area contributed by atoms with E-state index in [2.05, 4.69) is 10.2 Å². The number of fused-ring (bicyclic) bond motifs is 1. The van der Waals surface area contributed by atoms with Crippen molar-refractivity contribution >= 4 is 40.9 Å². The summed E-state index contributed by atoms with van der Waals surface area (Å²) in [5.41, 5.74) is 1.82. The molecule has 0 spiro atoms. The van der Waals surface area contributed by atoms with Crippen molar-refractivity contribution in [1.29, 1.82) is 0 Å². The van der Waals surface area contributed by atoms with Gasteiger partial charge in [0.1, 0.15) is 5.82 Å². The molecule has 32 heavy (non-hydrogen) atoms. The summed E-state index contributed by atoms with van der Waals surface area (Å²) in [6.45, 7) is 5.10. The van der Waals surface area contributed by atoms with Crippen LogP contribution in [0.5, 0.6) is 0 Å². The molecule has 0 atom stereocenters. The van der Waals surface area contributed by atoms with Crippen molar-refractivity contribution in [3.8, 4) is 0 Å². The van der Waals surface area contributed by atoms with Crippen molar-refractivity contribution in [1.82, 2.24) is 10.2 Å². The van der Waals surface area contributed by atoms with Crippen molar-refractivity contribution in [3.05, 3.63) is 58.4 Å². The number of ether oxygens (including phenoxy) is 1. The molecular weight excluding hydrogens is 453 g/mol. The van der Waals surface area contributed by atoms with Gasteiger partial charge in [-0.2, -0.15) is 0 Å². The highest BCUT2D eigenvalue weighted by Crippen LogP contribution is 2.37. The number of rotatable bonds is 7. The molecule has 0 saturated carbocycles. The van der Waals surface area contributed by atoms with Gasteiger partial charge < -0.3 is 15.0 Å². The summed E-state index contributed by atoms with van der Waals surface area (Å²) in [5, 5.41) is 3.24. The zero-order valence-corrected chi connectivity index (χ0v) is 19.2. The second kappa shape index (κ2) is 10.7. The molecule has 1 saturated heterocycles. The average Bonchev–Trinajstić information content (AvgIpc) is 2.80. The Morgan fingerprint density at radius 2 is 2.00 bits per heavy atom. The van der Waals surface area contributed by atoms with Crippen LogP contribution in [-0.4, -0.2) is 61.9 Å². The van der Waals surface area contributed by atoms with Gasteiger partial charge in [0.2, 0.25) is 5.91 Å². The topological polar surface area (TPSA) is 61.9 Å². The van der Waals surface area contributed by atoms with Crippen LogP contribution in [0.25, 0.3) is 0 Å². The lowest BCUT2D eigenvalue weighted by atomic mass is 10.1. The number of halogens is 2. The fraction of sp³-hybridized carbons (Fsp3) is 0.391. The Morgan fingerprint density at radius 3 is 2.78 bits per heavy atom. The van der Waals surface area contributed by atoms with Gasteiger partial charge in [-0.05, 0) is 48.9 Å². The zero-order chi connectivity index (χ0) is 22.5. The van der Waals surface area contributed by atoms with Crippen LogP contribution in [0.3, 0.4) is 0 Å². The number of hydrogen-bond donors (Lipinski definition) is 1. The number of thioether (sulfide) groups is 1. The van der Waals surface area contributed by atoms with Gasteiger partial charge in [-0.1, -0.05) is 17.7 Å². The minimum Gasteiger partial charge on any atom is -0.379 e. The molecule has 1 fully saturated rings. The third kappa shape index (κ3) is 5.61. The second-order valence-electron chi connectivity index (χ2n) is 7.75. The summed E-state index contributed by atoms with van der Waals surface area (Å²) >= 11 is 7.62. The number of amides is 2. The van der Waals surface area contributed by atoms with Gasteiger partial charge in [-0.25, -0.2) is 4.39 Å². The van der Waals surface area contributed by atoms with Gasteiger partial charge in [0.15, 0.2) is 0 Å². The summed E-state index contributed by atoms with van der Waals surface area (Å²) in [6, 6.07) is 9.54. The Morgan fingerprint density at radius 1 is 1.19 bits per heavy atom. The lowest BCUT2D eigenvalue weighted by Gasteiger charge is -2.29. The molecule has 2 aromatic rings. The van der Waals surface area contributed by atoms with E-state index in [0.717, 1.165) is 44.2 Å². The first-order chi connectivity index (χ1) is 15.5. The molecule has 2 aromatic carbocycles. The fourth-order valence-electron chi connectivity index (χ4n) is 3.77. The Balaban J connectivity index is 1.42. The molecule has 0 bridgehead atoms. The van der Waals surface area contributed by atoms with Crippen LogP contribution in [0, 0.1) is 5.82 Å². The van der Waals surface area contributed by atoms with Crippen molar-refractivity contribution in [2.75, 3.05) is 50.0 Å². The van der Waals surface area contributed by atoms with Gasteiger partial charge in [-0.3, -0.25) is 14.5 Å². The predicted octanol–water partition coefficient (Wildman–Crippen LogP) is 3.57. The van der Waals surface area contributed by atoms with E-state index in [0.29, 0.717) is 29.1 Å². The SMILES string of the molecule is O=C(NCCCN1CCOCC1)c1ccc2c(c1)N(Cc1ccc(F)cc1Cl)C(=O)CS2.